The zero-order valence-corrected chi connectivity index (χ0v) is 13.1. The predicted octanol–water partition coefficient (Wildman–Crippen LogP) is 2.97. The highest BCUT2D eigenvalue weighted by molar-refractivity contribution is 5.72. The number of carbonyl (C=O) groups is 1. The zero-order chi connectivity index (χ0) is 15.1. The van der Waals surface area contributed by atoms with E-state index in [1.807, 2.05) is 57.0 Å². The van der Waals surface area contributed by atoms with Gasteiger partial charge in [-0.05, 0) is 18.1 Å². The average Bonchev–Trinajstić information content (AvgIpc) is 2.45. The Bertz CT molecular complexity index is 431. The second kappa shape index (κ2) is 7.78. The molecule has 1 rings (SSSR count). The number of esters is 1. The Kier molecular flexibility index (Phi) is 6.36. The first-order valence-electron chi connectivity index (χ1n) is 6.97. The van der Waals surface area contributed by atoms with Crippen molar-refractivity contribution in [3.05, 3.63) is 24.3 Å². The van der Waals surface area contributed by atoms with Crippen LogP contribution in [0.1, 0.15) is 20.8 Å². The molecule has 0 amide bonds. The van der Waals surface area contributed by atoms with Crippen molar-refractivity contribution < 1.29 is 14.3 Å². The lowest BCUT2D eigenvalue weighted by atomic mass is 9.99. The Labute approximate surface area is 121 Å². The molecule has 1 unspecified atom stereocenters. The van der Waals surface area contributed by atoms with Crippen molar-refractivity contribution in [3.63, 3.8) is 0 Å². The molecule has 1 aromatic carbocycles. The molecule has 0 N–H and O–H groups in total. The van der Waals surface area contributed by atoms with Gasteiger partial charge < -0.3 is 14.4 Å². The van der Waals surface area contributed by atoms with Crippen LogP contribution < -0.4 is 9.64 Å². The number of hydrogen-bond donors (Lipinski definition) is 0. The number of ether oxygens (including phenoxy) is 2. The van der Waals surface area contributed by atoms with Crippen LogP contribution in [0.25, 0.3) is 0 Å². The molecule has 0 radical (unpaired) electrons. The van der Waals surface area contributed by atoms with E-state index in [1.165, 1.54) is 0 Å². The van der Waals surface area contributed by atoms with E-state index in [1.54, 1.807) is 7.11 Å². The van der Waals surface area contributed by atoms with Crippen molar-refractivity contribution in [2.24, 2.45) is 11.8 Å². The molecule has 0 saturated carbocycles. The highest BCUT2D eigenvalue weighted by Crippen LogP contribution is 2.19. The van der Waals surface area contributed by atoms with Gasteiger partial charge in [-0.1, -0.05) is 26.8 Å². The van der Waals surface area contributed by atoms with Crippen molar-refractivity contribution in [3.8, 4) is 5.75 Å². The molecule has 0 fully saturated rings. The van der Waals surface area contributed by atoms with Crippen LogP contribution in [-0.2, 0) is 9.53 Å². The van der Waals surface area contributed by atoms with Gasteiger partial charge in [-0.25, -0.2) is 0 Å². The van der Waals surface area contributed by atoms with Crippen LogP contribution in [-0.4, -0.2) is 33.3 Å². The molecule has 1 atom stereocenters. The first kappa shape index (κ1) is 16.3. The van der Waals surface area contributed by atoms with Gasteiger partial charge in [0.1, 0.15) is 12.4 Å². The lowest BCUT2D eigenvalue weighted by Crippen LogP contribution is -2.26. The highest BCUT2D eigenvalue weighted by Gasteiger charge is 2.18. The molecule has 112 valence electrons. The summed E-state index contributed by atoms with van der Waals surface area (Å²) >= 11 is 0. The molecule has 0 spiro atoms. The lowest BCUT2D eigenvalue weighted by molar-refractivity contribution is -0.149. The minimum atomic E-state index is -0.126. The molecular formula is C16H25NO3. The van der Waals surface area contributed by atoms with Gasteiger partial charge in [0.2, 0.25) is 0 Å². The van der Waals surface area contributed by atoms with E-state index in [4.69, 9.17) is 9.47 Å². The standard InChI is InChI=1S/C16H25NO3/c1-12(2)13(3)16(18)20-10-9-17(4)14-7-6-8-15(11-14)19-5/h6-8,11-13H,9-10H2,1-5H3. The van der Waals surface area contributed by atoms with Crippen LogP contribution in [0.15, 0.2) is 24.3 Å². The Morgan fingerprint density at radius 2 is 2.00 bits per heavy atom. The van der Waals surface area contributed by atoms with Crippen LogP contribution in [0, 0.1) is 11.8 Å². The Morgan fingerprint density at radius 1 is 1.30 bits per heavy atom. The number of methoxy groups -OCH3 is 1. The van der Waals surface area contributed by atoms with E-state index in [0.717, 1.165) is 11.4 Å². The number of hydrogen-bond acceptors (Lipinski definition) is 4. The summed E-state index contributed by atoms with van der Waals surface area (Å²) in [7, 11) is 3.61. The van der Waals surface area contributed by atoms with E-state index in [2.05, 4.69) is 0 Å². The third kappa shape index (κ3) is 4.76. The third-order valence-electron chi connectivity index (χ3n) is 3.54. The molecule has 0 bridgehead atoms. The molecule has 0 saturated heterocycles. The molecule has 0 aliphatic heterocycles. The van der Waals surface area contributed by atoms with Gasteiger partial charge in [-0.15, -0.1) is 0 Å². The number of nitrogens with zero attached hydrogens (tertiary/aromatic N) is 1. The Morgan fingerprint density at radius 3 is 2.60 bits per heavy atom. The molecule has 20 heavy (non-hydrogen) atoms. The van der Waals surface area contributed by atoms with Gasteiger partial charge in [-0.2, -0.15) is 0 Å². The fraction of sp³-hybridized carbons (Fsp3) is 0.562. The SMILES string of the molecule is COc1cccc(N(C)CCOC(=O)C(C)C(C)C)c1. The summed E-state index contributed by atoms with van der Waals surface area (Å²) in [5, 5.41) is 0. The van der Waals surface area contributed by atoms with Gasteiger partial charge in [-0.3, -0.25) is 4.79 Å². The molecule has 4 nitrogen and oxygen atoms in total. The lowest BCUT2D eigenvalue weighted by Gasteiger charge is -2.21. The smallest absolute Gasteiger partial charge is 0.308 e. The molecule has 0 aliphatic rings. The molecule has 0 aliphatic carbocycles. The van der Waals surface area contributed by atoms with Crippen molar-refractivity contribution >= 4 is 11.7 Å². The quantitative estimate of drug-likeness (QED) is 0.719. The first-order chi connectivity index (χ1) is 9.45. The Hall–Kier alpha value is -1.71. The summed E-state index contributed by atoms with van der Waals surface area (Å²) in [5.74, 6) is 0.939. The fourth-order valence-electron chi connectivity index (χ4n) is 1.66. The van der Waals surface area contributed by atoms with Crippen molar-refractivity contribution in [1.29, 1.82) is 0 Å². The molecular weight excluding hydrogens is 254 g/mol. The average molecular weight is 279 g/mol. The molecule has 1 aromatic rings. The fourth-order valence-corrected chi connectivity index (χ4v) is 1.66. The number of carbonyl (C=O) groups excluding carboxylic acids is 1. The summed E-state index contributed by atoms with van der Waals surface area (Å²) in [6.45, 7) is 6.99. The van der Waals surface area contributed by atoms with Crippen LogP contribution in [0.5, 0.6) is 5.75 Å². The van der Waals surface area contributed by atoms with Crippen molar-refractivity contribution in [2.45, 2.75) is 20.8 Å². The highest BCUT2D eigenvalue weighted by atomic mass is 16.5. The normalized spacial score (nSPS) is 12.1. The molecule has 0 heterocycles. The second-order valence-electron chi connectivity index (χ2n) is 5.32. The van der Waals surface area contributed by atoms with Gasteiger partial charge in [0.25, 0.3) is 0 Å². The van der Waals surface area contributed by atoms with Gasteiger partial charge in [0, 0.05) is 18.8 Å². The van der Waals surface area contributed by atoms with Crippen molar-refractivity contribution in [2.75, 3.05) is 32.2 Å². The maximum Gasteiger partial charge on any atom is 0.308 e. The zero-order valence-electron chi connectivity index (χ0n) is 13.1. The van der Waals surface area contributed by atoms with Crippen LogP contribution in [0.4, 0.5) is 5.69 Å². The molecule has 0 aromatic heterocycles. The summed E-state index contributed by atoms with van der Waals surface area (Å²) in [4.78, 5) is 13.8. The van der Waals surface area contributed by atoms with Crippen LogP contribution in [0.3, 0.4) is 0 Å². The van der Waals surface area contributed by atoms with E-state index in [0.29, 0.717) is 19.1 Å². The minimum Gasteiger partial charge on any atom is -0.497 e. The number of likely N-dealkylation sites (N-methyl/N-ethyl adjacent to an activating group) is 1. The van der Waals surface area contributed by atoms with E-state index in [9.17, 15) is 4.79 Å². The number of rotatable bonds is 7. The summed E-state index contributed by atoms with van der Waals surface area (Å²) in [6, 6.07) is 7.80. The summed E-state index contributed by atoms with van der Waals surface area (Å²) < 4.78 is 10.5. The van der Waals surface area contributed by atoms with Gasteiger partial charge >= 0.3 is 5.97 Å². The predicted molar refractivity (Wildman–Crippen MR) is 81.2 cm³/mol. The maximum atomic E-state index is 11.7. The summed E-state index contributed by atoms with van der Waals surface area (Å²) in [5.41, 5.74) is 1.04. The number of benzene rings is 1. The second-order valence-corrected chi connectivity index (χ2v) is 5.32. The monoisotopic (exact) mass is 279 g/mol. The van der Waals surface area contributed by atoms with E-state index >= 15 is 0 Å². The topological polar surface area (TPSA) is 38.8 Å². The van der Waals surface area contributed by atoms with Crippen LogP contribution >= 0.6 is 0 Å². The van der Waals surface area contributed by atoms with Gasteiger partial charge in [0.15, 0.2) is 0 Å². The Balaban J connectivity index is 2.43. The van der Waals surface area contributed by atoms with Crippen molar-refractivity contribution in [1.82, 2.24) is 0 Å². The van der Waals surface area contributed by atoms with E-state index < -0.39 is 0 Å². The largest absolute Gasteiger partial charge is 0.497 e. The maximum absolute atomic E-state index is 11.7. The molecule has 4 heteroatoms. The third-order valence-corrected chi connectivity index (χ3v) is 3.54. The summed E-state index contributed by atoms with van der Waals surface area (Å²) in [6.07, 6.45) is 0. The van der Waals surface area contributed by atoms with Gasteiger partial charge in [0.05, 0.1) is 19.6 Å². The minimum absolute atomic E-state index is 0.0582. The number of anilines is 1. The van der Waals surface area contributed by atoms with Crippen LogP contribution in [0.2, 0.25) is 0 Å². The first-order valence-corrected chi connectivity index (χ1v) is 6.97. The van der Waals surface area contributed by atoms with E-state index in [-0.39, 0.29) is 11.9 Å².